The zero-order valence-electron chi connectivity index (χ0n) is 16.0. The van der Waals surface area contributed by atoms with Gasteiger partial charge in [0.15, 0.2) is 0 Å². The number of amides is 2. The second-order valence-electron chi connectivity index (χ2n) is 6.91. The zero-order valence-corrected chi connectivity index (χ0v) is 16.0. The highest BCUT2D eigenvalue weighted by atomic mass is 16.5. The second kappa shape index (κ2) is 8.03. The van der Waals surface area contributed by atoms with Crippen LogP contribution in [0.15, 0.2) is 30.6 Å². The SMILES string of the molecule is Cc1c(N)ncnc1OC(C)CN(C=O)c1ccc(C(C)(C)C(N)=O)cc1. The van der Waals surface area contributed by atoms with Crippen molar-refractivity contribution in [3.8, 4) is 5.88 Å². The van der Waals surface area contributed by atoms with Gasteiger partial charge in [-0.3, -0.25) is 9.59 Å². The molecular formula is C19H25N5O3. The van der Waals surface area contributed by atoms with Gasteiger partial charge in [0.05, 0.1) is 17.5 Å². The van der Waals surface area contributed by atoms with Crippen molar-refractivity contribution >= 4 is 23.8 Å². The summed E-state index contributed by atoms with van der Waals surface area (Å²) >= 11 is 0. The molecule has 1 aromatic heterocycles. The van der Waals surface area contributed by atoms with Crippen LogP contribution in [0.1, 0.15) is 31.9 Å². The standard InChI is InChI=1S/C19H25N5O3/c1-12(27-17-13(2)16(20)22-10-23-17)9-24(11-25)15-7-5-14(6-8-15)19(3,4)18(21)26/h5-8,10-12H,9H2,1-4H3,(H2,21,26)(H2,20,22,23). The Morgan fingerprint density at radius 2 is 1.93 bits per heavy atom. The number of carbonyl (C=O) groups is 2. The van der Waals surface area contributed by atoms with Gasteiger partial charge in [0.25, 0.3) is 0 Å². The van der Waals surface area contributed by atoms with Crippen molar-refractivity contribution in [1.29, 1.82) is 0 Å². The summed E-state index contributed by atoms with van der Waals surface area (Å²) in [6, 6.07) is 7.12. The van der Waals surface area contributed by atoms with Crippen LogP contribution in [0.5, 0.6) is 5.88 Å². The van der Waals surface area contributed by atoms with Crippen LogP contribution in [0, 0.1) is 6.92 Å². The second-order valence-corrected chi connectivity index (χ2v) is 6.91. The van der Waals surface area contributed by atoms with E-state index in [-0.39, 0.29) is 6.10 Å². The lowest BCUT2D eigenvalue weighted by Crippen LogP contribution is -2.36. The summed E-state index contributed by atoms with van der Waals surface area (Å²) in [6.45, 7) is 7.43. The van der Waals surface area contributed by atoms with Crippen LogP contribution in [-0.4, -0.2) is 34.9 Å². The molecule has 0 radical (unpaired) electrons. The lowest BCUT2D eigenvalue weighted by atomic mass is 9.84. The summed E-state index contributed by atoms with van der Waals surface area (Å²) in [6.07, 6.45) is 1.74. The fourth-order valence-electron chi connectivity index (χ4n) is 2.49. The number of aromatic nitrogens is 2. The highest BCUT2D eigenvalue weighted by Crippen LogP contribution is 2.25. The Bertz CT molecular complexity index is 821. The normalized spacial score (nSPS) is 12.3. The number of nitrogens with two attached hydrogens (primary N) is 2. The van der Waals surface area contributed by atoms with Crippen molar-refractivity contribution in [2.24, 2.45) is 5.73 Å². The maximum absolute atomic E-state index is 11.6. The van der Waals surface area contributed by atoms with Gasteiger partial charge in [-0.2, -0.15) is 0 Å². The Morgan fingerprint density at radius 1 is 1.30 bits per heavy atom. The average Bonchev–Trinajstić information content (AvgIpc) is 2.63. The van der Waals surface area contributed by atoms with Crippen molar-refractivity contribution in [1.82, 2.24) is 9.97 Å². The summed E-state index contributed by atoms with van der Waals surface area (Å²) in [4.78, 5) is 32.6. The summed E-state index contributed by atoms with van der Waals surface area (Å²) in [5.41, 5.74) is 12.5. The predicted octanol–water partition coefficient (Wildman–Crippen LogP) is 1.56. The van der Waals surface area contributed by atoms with Gasteiger partial charge >= 0.3 is 0 Å². The molecule has 0 saturated carbocycles. The van der Waals surface area contributed by atoms with E-state index < -0.39 is 11.3 Å². The molecule has 1 aromatic carbocycles. The zero-order chi connectivity index (χ0) is 20.2. The minimum atomic E-state index is -0.786. The van der Waals surface area contributed by atoms with Gasteiger partial charge in [-0.25, -0.2) is 9.97 Å². The molecule has 0 spiro atoms. The quantitative estimate of drug-likeness (QED) is 0.679. The molecule has 1 heterocycles. The number of rotatable bonds is 8. The van der Waals surface area contributed by atoms with Gasteiger partial charge in [-0.1, -0.05) is 12.1 Å². The number of carbonyl (C=O) groups excluding carboxylic acids is 2. The largest absolute Gasteiger partial charge is 0.472 e. The van der Waals surface area contributed by atoms with Gasteiger partial charge in [-0.05, 0) is 45.4 Å². The van der Waals surface area contributed by atoms with Gasteiger partial charge < -0.3 is 21.1 Å². The summed E-state index contributed by atoms with van der Waals surface area (Å²) in [7, 11) is 0. The van der Waals surface area contributed by atoms with Crippen LogP contribution in [0.2, 0.25) is 0 Å². The fraction of sp³-hybridized carbons (Fsp3) is 0.368. The van der Waals surface area contributed by atoms with Crippen molar-refractivity contribution in [2.75, 3.05) is 17.2 Å². The summed E-state index contributed by atoms with van der Waals surface area (Å²) < 4.78 is 5.80. The maximum atomic E-state index is 11.6. The number of nitrogen functional groups attached to an aromatic ring is 1. The highest BCUT2D eigenvalue weighted by molar-refractivity contribution is 5.86. The van der Waals surface area contributed by atoms with E-state index in [1.807, 2.05) is 6.92 Å². The summed E-state index contributed by atoms with van der Waals surface area (Å²) in [5.74, 6) is 0.329. The highest BCUT2D eigenvalue weighted by Gasteiger charge is 2.27. The van der Waals surface area contributed by atoms with E-state index in [0.29, 0.717) is 29.5 Å². The Labute approximate surface area is 158 Å². The molecule has 0 saturated heterocycles. The average molecular weight is 371 g/mol. The molecule has 2 amide bonds. The molecule has 2 rings (SSSR count). The number of primary amides is 1. The number of hydrogen-bond acceptors (Lipinski definition) is 6. The minimum absolute atomic E-state index is 0.311. The Hall–Kier alpha value is -3.16. The Morgan fingerprint density at radius 3 is 2.48 bits per heavy atom. The van der Waals surface area contributed by atoms with E-state index in [2.05, 4.69) is 9.97 Å². The lowest BCUT2D eigenvalue weighted by molar-refractivity contribution is -0.122. The number of hydrogen-bond donors (Lipinski definition) is 2. The molecule has 4 N–H and O–H groups in total. The number of anilines is 2. The van der Waals surface area contributed by atoms with Crippen molar-refractivity contribution in [3.63, 3.8) is 0 Å². The van der Waals surface area contributed by atoms with E-state index in [9.17, 15) is 9.59 Å². The molecule has 8 nitrogen and oxygen atoms in total. The molecule has 144 valence electrons. The molecule has 27 heavy (non-hydrogen) atoms. The van der Waals surface area contributed by atoms with Crippen LogP contribution < -0.4 is 21.1 Å². The monoisotopic (exact) mass is 371 g/mol. The van der Waals surface area contributed by atoms with Crippen LogP contribution in [0.25, 0.3) is 0 Å². The van der Waals surface area contributed by atoms with Crippen molar-refractivity contribution in [2.45, 2.75) is 39.2 Å². The third kappa shape index (κ3) is 4.52. The molecule has 0 bridgehead atoms. The van der Waals surface area contributed by atoms with Crippen molar-refractivity contribution < 1.29 is 14.3 Å². The van der Waals surface area contributed by atoms with Gasteiger partial charge in [-0.15, -0.1) is 0 Å². The minimum Gasteiger partial charge on any atom is -0.472 e. The first-order valence-corrected chi connectivity index (χ1v) is 8.53. The van der Waals surface area contributed by atoms with Gasteiger partial charge in [0, 0.05) is 5.69 Å². The number of ether oxygens (including phenoxy) is 1. The van der Waals surface area contributed by atoms with E-state index in [0.717, 1.165) is 12.0 Å². The maximum Gasteiger partial charge on any atom is 0.227 e. The molecule has 1 unspecified atom stereocenters. The molecular weight excluding hydrogens is 346 g/mol. The third-order valence-corrected chi connectivity index (χ3v) is 4.51. The predicted molar refractivity (Wildman–Crippen MR) is 103 cm³/mol. The van der Waals surface area contributed by atoms with Crippen molar-refractivity contribution in [3.05, 3.63) is 41.7 Å². The third-order valence-electron chi connectivity index (χ3n) is 4.51. The first kappa shape index (κ1) is 20.2. The van der Waals surface area contributed by atoms with Gasteiger partial charge in [0.1, 0.15) is 18.2 Å². The molecule has 1 atom stereocenters. The van der Waals surface area contributed by atoms with E-state index >= 15 is 0 Å². The summed E-state index contributed by atoms with van der Waals surface area (Å²) in [5, 5.41) is 0. The van der Waals surface area contributed by atoms with Crippen LogP contribution in [-0.2, 0) is 15.0 Å². The molecule has 0 aliphatic carbocycles. The van der Waals surface area contributed by atoms with E-state index in [1.54, 1.807) is 45.0 Å². The molecule has 8 heteroatoms. The van der Waals surface area contributed by atoms with Crippen LogP contribution in [0.3, 0.4) is 0 Å². The first-order valence-electron chi connectivity index (χ1n) is 8.53. The van der Waals surface area contributed by atoms with Crippen LogP contribution >= 0.6 is 0 Å². The van der Waals surface area contributed by atoms with Crippen LogP contribution in [0.4, 0.5) is 11.5 Å². The molecule has 0 fully saturated rings. The molecule has 0 aliphatic heterocycles. The van der Waals surface area contributed by atoms with Gasteiger partial charge in [0.2, 0.25) is 18.2 Å². The fourth-order valence-corrected chi connectivity index (χ4v) is 2.49. The number of nitrogens with zero attached hydrogens (tertiary/aromatic N) is 3. The number of benzene rings is 1. The first-order chi connectivity index (χ1) is 12.7. The Balaban J connectivity index is 2.11. The molecule has 2 aromatic rings. The molecule has 0 aliphatic rings. The topological polar surface area (TPSA) is 124 Å². The lowest BCUT2D eigenvalue weighted by Gasteiger charge is -2.25. The Kier molecular flexibility index (Phi) is 5.99. The smallest absolute Gasteiger partial charge is 0.227 e. The van der Waals surface area contributed by atoms with E-state index in [4.69, 9.17) is 16.2 Å². The van der Waals surface area contributed by atoms with E-state index in [1.165, 1.54) is 11.2 Å².